The summed E-state index contributed by atoms with van der Waals surface area (Å²) in [5, 5.41) is 1.45. The van der Waals surface area contributed by atoms with Crippen molar-refractivity contribution >= 4 is 83.9 Å². The van der Waals surface area contributed by atoms with Gasteiger partial charge in [0.2, 0.25) is 0 Å². The first kappa shape index (κ1) is 27.6. The van der Waals surface area contributed by atoms with Crippen molar-refractivity contribution in [1.29, 1.82) is 0 Å². The highest BCUT2D eigenvalue weighted by Crippen LogP contribution is 2.25. The summed E-state index contributed by atoms with van der Waals surface area (Å²) in [7, 11) is 0. The van der Waals surface area contributed by atoms with E-state index in [1.165, 1.54) is 12.8 Å². The molecule has 0 bridgehead atoms. The second-order valence-corrected chi connectivity index (χ2v) is 7.17. The summed E-state index contributed by atoms with van der Waals surface area (Å²) in [6, 6.07) is 13.9. The zero-order valence-corrected chi connectivity index (χ0v) is 19.8. The Hall–Kier alpha value is -0.390. The molecule has 2 heterocycles. The molecular weight excluding hydrogens is 483 g/mol. The highest BCUT2D eigenvalue weighted by Gasteiger charge is 2.18. The Balaban J connectivity index is 0.00000182. The lowest BCUT2D eigenvalue weighted by molar-refractivity contribution is 0.318. The number of para-hydroxylation sites is 2. The van der Waals surface area contributed by atoms with Crippen molar-refractivity contribution in [1.82, 2.24) is 14.5 Å². The van der Waals surface area contributed by atoms with Crippen LogP contribution in [-0.4, -0.2) is 27.5 Å². The molecule has 0 unspecified atom stereocenters. The average Bonchev–Trinajstić information content (AvgIpc) is 3.20. The molecule has 3 nitrogen and oxygen atoms in total. The van der Waals surface area contributed by atoms with Gasteiger partial charge in [0.15, 0.2) is 0 Å². The van der Waals surface area contributed by atoms with Gasteiger partial charge >= 0.3 is 0 Å². The summed E-state index contributed by atoms with van der Waals surface area (Å²) < 4.78 is 2.27. The maximum Gasteiger partial charge on any atom is 0.124 e. The smallest absolute Gasteiger partial charge is 0.124 e. The Bertz CT molecular complexity index is 877. The van der Waals surface area contributed by atoms with E-state index in [1.54, 1.807) is 0 Å². The van der Waals surface area contributed by atoms with E-state index in [-0.39, 0.29) is 49.6 Å². The molecular formula is C19H23Cl6N3. The lowest BCUT2D eigenvalue weighted by atomic mass is 10.2. The molecule has 9 heteroatoms. The molecule has 28 heavy (non-hydrogen) atoms. The van der Waals surface area contributed by atoms with E-state index in [0.717, 1.165) is 47.1 Å². The van der Waals surface area contributed by atoms with Gasteiger partial charge in [0.05, 0.1) is 24.1 Å². The van der Waals surface area contributed by atoms with Crippen LogP contribution in [0.25, 0.3) is 11.0 Å². The lowest BCUT2D eigenvalue weighted by Gasteiger charge is -2.16. The molecule has 0 atom stereocenters. The second kappa shape index (κ2) is 12.3. The van der Waals surface area contributed by atoms with Crippen LogP contribution in [0.2, 0.25) is 10.0 Å². The van der Waals surface area contributed by atoms with E-state index >= 15 is 0 Å². The molecule has 0 spiro atoms. The molecule has 0 N–H and O–H groups in total. The second-order valence-electron chi connectivity index (χ2n) is 6.32. The van der Waals surface area contributed by atoms with E-state index < -0.39 is 0 Å². The average molecular weight is 506 g/mol. The Labute approximate surface area is 200 Å². The van der Waals surface area contributed by atoms with Gasteiger partial charge in [-0.3, -0.25) is 4.90 Å². The van der Waals surface area contributed by atoms with Gasteiger partial charge in [-0.25, -0.2) is 4.98 Å². The van der Waals surface area contributed by atoms with Gasteiger partial charge in [0, 0.05) is 10.0 Å². The normalized spacial score (nSPS) is 13.2. The maximum absolute atomic E-state index is 6.38. The van der Waals surface area contributed by atoms with Crippen LogP contribution in [0.1, 0.15) is 24.2 Å². The van der Waals surface area contributed by atoms with Gasteiger partial charge in [0.1, 0.15) is 5.82 Å². The third-order valence-electron chi connectivity index (χ3n) is 4.63. The third kappa shape index (κ3) is 6.06. The SMILES string of the molecule is Cl.Cl.Cl.Cl.Clc1ccc(Cl)c(Cn2c(CN3CCCC3)nc3ccccc32)c1. The quantitative estimate of drug-likeness (QED) is 0.394. The first-order valence-electron chi connectivity index (χ1n) is 8.31. The van der Waals surface area contributed by atoms with Crippen LogP contribution in [0.5, 0.6) is 0 Å². The van der Waals surface area contributed by atoms with Crippen molar-refractivity contribution in [3.8, 4) is 0 Å². The summed E-state index contributed by atoms with van der Waals surface area (Å²) in [6.45, 7) is 3.87. The summed E-state index contributed by atoms with van der Waals surface area (Å²) >= 11 is 12.5. The fourth-order valence-electron chi connectivity index (χ4n) is 3.40. The minimum atomic E-state index is 0. The minimum Gasteiger partial charge on any atom is -0.322 e. The van der Waals surface area contributed by atoms with Crippen molar-refractivity contribution in [3.63, 3.8) is 0 Å². The molecule has 156 valence electrons. The van der Waals surface area contributed by atoms with Crippen LogP contribution in [0.4, 0.5) is 0 Å². The molecule has 0 aliphatic carbocycles. The summed E-state index contributed by atoms with van der Waals surface area (Å²) in [6.07, 6.45) is 2.56. The Morgan fingerprint density at radius 3 is 2.25 bits per heavy atom. The van der Waals surface area contributed by atoms with E-state index in [1.807, 2.05) is 24.3 Å². The van der Waals surface area contributed by atoms with Gasteiger partial charge in [-0.05, 0) is 61.8 Å². The minimum absolute atomic E-state index is 0. The van der Waals surface area contributed by atoms with Crippen molar-refractivity contribution in [3.05, 3.63) is 63.9 Å². The first-order valence-corrected chi connectivity index (χ1v) is 9.07. The molecule has 1 fully saturated rings. The van der Waals surface area contributed by atoms with Crippen LogP contribution in [0, 0.1) is 0 Å². The van der Waals surface area contributed by atoms with Crippen LogP contribution >= 0.6 is 72.8 Å². The van der Waals surface area contributed by atoms with Gasteiger partial charge in [-0.2, -0.15) is 0 Å². The molecule has 1 aromatic heterocycles. The molecule has 1 aliphatic rings. The van der Waals surface area contributed by atoms with Crippen molar-refractivity contribution in [2.75, 3.05) is 13.1 Å². The molecule has 0 amide bonds. The van der Waals surface area contributed by atoms with Crippen LogP contribution in [-0.2, 0) is 13.1 Å². The Morgan fingerprint density at radius 2 is 1.54 bits per heavy atom. The van der Waals surface area contributed by atoms with Crippen LogP contribution in [0.15, 0.2) is 42.5 Å². The van der Waals surface area contributed by atoms with Gasteiger partial charge in [-0.15, -0.1) is 49.6 Å². The highest BCUT2D eigenvalue weighted by molar-refractivity contribution is 6.33. The highest BCUT2D eigenvalue weighted by atomic mass is 35.5. The molecule has 0 saturated carbocycles. The zero-order chi connectivity index (χ0) is 16.5. The van der Waals surface area contributed by atoms with E-state index in [4.69, 9.17) is 28.2 Å². The maximum atomic E-state index is 6.38. The molecule has 0 radical (unpaired) electrons. The molecule has 4 rings (SSSR count). The summed E-state index contributed by atoms with van der Waals surface area (Å²) in [5.74, 6) is 1.09. The summed E-state index contributed by atoms with van der Waals surface area (Å²) in [5.41, 5.74) is 3.20. The Morgan fingerprint density at radius 1 is 0.857 bits per heavy atom. The van der Waals surface area contributed by atoms with Crippen molar-refractivity contribution in [2.24, 2.45) is 0 Å². The molecule has 1 aliphatic heterocycles. The number of nitrogens with zero attached hydrogens (tertiary/aromatic N) is 3. The third-order valence-corrected chi connectivity index (χ3v) is 5.24. The molecule has 1 saturated heterocycles. The monoisotopic (exact) mass is 503 g/mol. The number of aromatic nitrogens is 2. The predicted molar refractivity (Wildman–Crippen MR) is 129 cm³/mol. The van der Waals surface area contributed by atoms with Crippen LogP contribution < -0.4 is 0 Å². The summed E-state index contributed by atoms with van der Waals surface area (Å²) in [4.78, 5) is 7.34. The van der Waals surface area contributed by atoms with Gasteiger partial charge in [-0.1, -0.05) is 35.3 Å². The number of fused-ring (bicyclic) bond motifs is 1. The number of benzene rings is 2. The lowest BCUT2D eigenvalue weighted by Crippen LogP contribution is -2.21. The zero-order valence-electron chi connectivity index (χ0n) is 15.0. The molecule has 2 aromatic carbocycles. The molecule has 3 aromatic rings. The number of halogens is 6. The topological polar surface area (TPSA) is 21.1 Å². The largest absolute Gasteiger partial charge is 0.322 e. The van der Waals surface area contributed by atoms with E-state index in [9.17, 15) is 0 Å². The van der Waals surface area contributed by atoms with Gasteiger partial charge in [0.25, 0.3) is 0 Å². The Kier molecular flexibility index (Phi) is 12.2. The number of hydrogen-bond acceptors (Lipinski definition) is 2. The predicted octanol–water partition coefficient (Wildman–Crippen LogP) is 6.67. The fraction of sp³-hybridized carbons (Fsp3) is 0.316. The number of rotatable bonds is 4. The first-order chi connectivity index (χ1) is 11.7. The standard InChI is InChI=1S/C19H19Cl2N3.4ClH/c20-15-7-8-16(21)14(11-15)12-24-18-6-2-1-5-17(18)22-19(24)13-23-9-3-4-10-23;;;;/h1-2,5-8,11H,3-4,9-10,12-13H2;4*1H. The number of hydrogen-bond donors (Lipinski definition) is 0. The van der Waals surface area contributed by atoms with Gasteiger partial charge < -0.3 is 4.57 Å². The van der Waals surface area contributed by atoms with Crippen LogP contribution in [0.3, 0.4) is 0 Å². The van der Waals surface area contributed by atoms with Crippen molar-refractivity contribution in [2.45, 2.75) is 25.9 Å². The van der Waals surface area contributed by atoms with E-state index in [0.29, 0.717) is 11.6 Å². The van der Waals surface area contributed by atoms with Crippen molar-refractivity contribution < 1.29 is 0 Å². The van der Waals surface area contributed by atoms with E-state index in [2.05, 4.69) is 27.7 Å². The fourth-order valence-corrected chi connectivity index (χ4v) is 3.77. The number of imidazole rings is 1. The number of likely N-dealkylation sites (tertiary alicyclic amines) is 1.